The third-order valence-electron chi connectivity index (χ3n) is 6.31. The molecule has 0 fully saturated rings. The van der Waals surface area contributed by atoms with E-state index in [0.717, 1.165) is 38.8 Å². The molecule has 0 amide bonds. The summed E-state index contributed by atoms with van der Waals surface area (Å²) in [6.07, 6.45) is 2.99. The minimum Gasteiger partial charge on any atom is -0.489 e. The number of hydrogen-bond donors (Lipinski definition) is 1. The topological polar surface area (TPSA) is 59.4 Å². The molecular weight excluding hydrogens is 465 g/mol. The van der Waals surface area contributed by atoms with Crippen molar-refractivity contribution in [2.75, 3.05) is 0 Å². The summed E-state index contributed by atoms with van der Waals surface area (Å²) in [5, 5.41) is 9.72. The highest BCUT2D eigenvalue weighted by Gasteiger charge is 2.15. The van der Waals surface area contributed by atoms with E-state index in [1.165, 1.54) is 6.07 Å². The number of aliphatic carboxylic acids is 1. The Balaban J connectivity index is 1.46. The second-order valence-corrected chi connectivity index (χ2v) is 8.99. The van der Waals surface area contributed by atoms with Crippen molar-refractivity contribution in [2.24, 2.45) is 0 Å². The first-order valence-electron chi connectivity index (χ1n) is 12.2. The summed E-state index contributed by atoms with van der Waals surface area (Å²) in [6.45, 7) is 0.349. The van der Waals surface area contributed by atoms with Gasteiger partial charge in [0.05, 0.1) is 0 Å². The van der Waals surface area contributed by atoms with Crippen molar-refractivity contribution in [3.8, 4) is 16.9 Å². The number of carboxylic acids is 1. The van der Waals surface area contributed by atoms with Crippen molar-refractivity contribution in [3.63, 3.8) is 0 Å². The van der Waals surface area contributed by atoms with Crippen LogP contribution in [0.1, 0.15) is 28.7 Å². The Labute approximate surface area is 215 Å². The lowest BCUT2D eigenvalue weighted by Gasteiger charge is -2.15. The average Bonchev–Trinajstić information content (AvgIpc) is 2.92. The van der Waals surface area contributed by atoms with Gasteiger partial charge in [-0.15, -0.1) is 0 Å². The maximum Gasteiger partial charge on any atom is 0.303 e. The molecule has 0 saturated heterocycles. The van der Waals surface area contributed by atoms with E-state index in [2.05, 4.69) is 23.2 Å². The summed E-state index contributed by atoms with van der Waals surface area (Å²) in [6, 6.07) is 30.8. The minimum atomic E-state index is -0.821. The van der Waals surface area contributed by atoms with E-state index in [9.17, 15) is 9.18 Å². The third kappa shape index (κ3) is 5.84. The summed E-state index contributed by atoms with van der Waals surface area (Å²) in [5.41, 5.74) is 6.36. The van der Waals surface area contributed by atoms with Gasteiger partial charge in [0, 0.05) is 18.0 Å². The molecule has 5 aromatic rings. The maximum atomic E-state index is 14.6. The van der Waals surface area contributed by atoms with Gasteiger partial charge in [-0.25, -0.2) is 4.39 Å². The molecule has 0 unspecified atom stereocenters. The number of rotatable bonds is 9. The number of fused-ring (bicyclic) bond motifs is 1. The predicted octanol–water partition coefficient (Wildman–Crippen LogP) is 7.23. The van der Waals surface area contributed by atoms with E-state index >= 15 is 0 Å². The van der Waals surface area contributed by atoms with E-state index in [1.54, 1.807) is 12.3 Å². The zero-order valence-electron chi connectivity index (χ0n) is 20.2. The van der Waals surface area contributed by atoms with Crippen LogP contribution in [-0.2, 0) is 24.2 Å². The van der Waals surface area contributed by atoms with Gasteiger partial charge in [0.15, 0.2) is 0 Å². The Hall–Kier alpha value is -4.51. The molecule has 1 N–H and O–H groups in total. The molecule has 1 aromatic heterocycles. The fourth-order valence-corrected chi connectivity index (χ4v) is 4.54. The van der Waals surface area contributed by atoms with Gasteiger partial charge in [-0.05, 0) is 70.5 Å². The van der Waals surface area contributed by atoms with Crippen molar-refractivity contribution in [2.45, 2.75) is 25.9 Å². The molecule has 0 bridgehead atoms. The number of aryl methyl sites for hydroxylation is 1. The predicted molar refractivity (Wildman–Crippen MR) is 143 cm³/mol. The molecule has 1 heterocycles. The van der Waals surface area contributed by atoms with Crippen LogP contribution in [0.5, 0.6) is 5.75 Å². The Morgan fingerprint density at radius 3 is 2.43 bits per heavy atom. The molecule has 0 spiro atoms. The van der Waals surface area contributed by atoms with Crippen LogP contribution in [0.3, 0.4) is 0 Å². The normalized spacial score (nSPS) is 10.9. The number of pyridine rings is 1. The summed E-state index contributed by atoms with van der Waals surface area (Å²) in [4.78, 5) is 15.3. The Kier molecular flexibility index (Phi) is 7.22. The number of para-hydroxylation sites is 1. The largest absolute Gasteiger partial charge is 0.489 e. The number of aromatic nitrogens is 1. The lowest BCUT2D eigenvalue weighted by Crippen LogP contribution is -2.00. The molecule has 4 nitrogen and oxygen atoms in total. The van der Waals surface area contributed by atoms with Gasteiger partial charge in [0.1, 0.15) is 23.7 Å². The standard InChI is InChI=1S/C32H26FNO3/c33-29-14-6-13-28-31(26(20-34-32(28)29)17-22-7-2-1-3-8-22)25-11-4-10-24(18-25)21-37-27-12-5-9-23(19-27)15-16-30(35)36/h1-14,18-20H,15-17,21H2,(H,35,36). The maximum absolute atomic E-state index is 14.6. The number of halogens is 1. The minimum absolute atomic E-state index is 0.0807. The zero-order chi connectivity index (χ0) is 25.6. The molecular formula is C32H26FNO3. The van der Waals surface area contributed by atoms with Crippen LogP contribution in [0.4, 0.5) is 4.39 Å². The van der Waals surface area contributed by atoms with E-state index in [4.69, 9.17) is 9.84 Å². The first-order valence-corrected chi connectivity index (χ1v) is 12.2. The molecule has 0 atom stereocenters. The monoisotopic (exact) mass is 491 g/mol. The molecule has 0 aliphatic rings. The quantitative estimate of drug-likeness (QED) is 0.236. The number of carboxylic acid groups (broad SMARTS) is 1. The third-order valence-corrected chi connectivity index (χ3v) is 6.31. The van der Waals surface area contributed by atoms with Gasteiger partial charge in [0.25, 0.3) is 0 Å². The van der Waals surface area contributed by atoms with E-state index < -0.39 is 5.97 Å². The van der Waals surface area contributed by atoms with Gasteiger partial charge in [-0.3, -0.25) is 9.78 Å². The first-order chi connectivity index (χ1) is 18.1. The number of nitrogens with zero attached hydrogens (tertiary/aromatic N) is 1. The molecule has 184 valence electrons. The van der Waals surface area contributed by atoms with Crippen LogP contribution in [0.2, 0.25) is 0 Å². The Morgan fingerprint density at radius 1 is 0.838 bits per heavy atom. The second kappa shape index (κ2) is 11.0. The second-order valence-electron chi connectivity index (χ2n) is 8.99. The number of hydrogen-bond acceptors (Lipinski definition) is 3. The van der Waals surface area contributed by atoms with E-state index in [-0.39, 0.29) is 12.2 Å². The lowest BCUT2D eigenvalue weighted by atomic mass is 9.92. The van der Waals surface area contributed by atoms with Crippen LogP contribution in [-0.4, -0.2) is 16.1 Å². The molecule has 5 heteroatoms. The highest BCUT2D eigenvalue weighted by atomic mass is 19.1. The fourth-order valence-electron chi connectivity index (χ4n) is 4.54. The van der Waals surface area contributed by atoms with Crippen LogP contribution in [0, 0.1) is 5.82 Å². The zero-order valence-corrected chi connectivity index (χ0v) is 20.2. The number of benzene rings is 4. The molecule has 0 aliphatic heterocycles. The van der Waals surface area contributed by atoms with Crippen molar-refractivity contribution < 1.29 is 19.0 Å². The van der Waals surface area contributed by atoms with Gasteiger partial charge >= 0.3 is 5.97 Å². The summed E-state index contributed by atoms with van der Waals surface area (Å²) in [5.74, 6) is -0.472. The molecule has 4 aromatic carbocycles. The summed E-state index contributed by atoms with van der Waals surface area (Å²) in [7, 11) is 0. The van der Waals surface area contributed by atoms with Crippen molar-refractivity contribution in [3.05, 3.63) is 131 Å². The Morgan fingerprint density at radius 2 is 1.59 bits per heavy atom. The number of ether oxygens (including phenoxy) is 1. The SMILES string of the molecule is O=C(O)CCc1cccc(OCc2cccc(-c3c(Cc4ccccc4)cnc4c(F)cccc34)c2)c1. The van der Waals surface area contributed by atoms with Crippen molar-refractivity contribution >= 4 is 16.9 Å². The number of carbonyl (C=O) groups is 1. The fraction of sp³-hybridized carbons (Fsp3) is 0.125. The van der Waals surface area contributed by atoms with Crippen LogP contribution in [0.15, 0.2) is 103 Å². The van der Waals surface area contributed by atoms with E-state index in [1.807, 2.05) is 66.7 Å². The van der Waals surface area contributed by atoms with Gasteiger partial charge in [0.2, 0.25) is 0 Å². The van der Waals surface area contributed by atoms with Crippen molar-refractivity contribution in [1.29, 1.82) is 0 Å². The first kappa shape index (κ1) is 24.2. The average molecular weight is 492 g/mol. The summed E-state index contributed by atoms with van der Waals surface area (Å²) >= 11 is 0. The van der Waals surface area contributed by atoms with Gasteiger partial charge in [-0.1, -0.05) is 72.8 Å². The molecule has 37 heavy (non-hydrogen) atoms. The van der Waals surface area contributed by atoms with Gasteiger partial charge in [-0.2, -0.15) is 0 Å². The van der Waals surface area contributed by atoms with Crippen LogP contribution < -0.4 is 4.74 Å². The van der Waals surface area contributed by atoms with Gasteiger partial charge < -0.3 is 9.84 Å². The highest BCUT2D eigenvalue weighted by molar-refractivity contribution is 5.96. The highest BCUT2D eigenvalue weighted by Crippen LogP contribution is 2.34. The smallest absolute Gasteiger partial charge is 0.303 e. The Bertz CT molecular complexity index is 1550. The van der Waals surface area contributed by atoms with Crippen molar-refractivity contribution in [1.82, 2.24) is 4.98 Å². The molecule has 0 aliphatic carbocycles. The molecule has 0 radical (unpaired) electrons. The van der Waals surface area contributed by atoms with E-state index in [0.29, 0.717) is 30.7 Å². The summed E-state index contributed by atoms with van der Waals surface area (Å²) < 4.78 is 20.7. The van der Waals surface area contributed by atoms with Crippen LogP contribution >= 0.6 is 0 Å². The molecule has 0 saturated carbocycles. The molecule has 5 rings (SSSR count). The van der Waals surface area contributed by atoms with Crippen LogP contribution in [0.25, 0.3) is 22.0 Å². The lowest BCUT2D eigenvalue weighted by molar-refractivity contribution is -0.136.